The molecule has 1 atom stereocenters. The molecule has 2 amide bonds. The number of primary amides is 1. The zero-order chi connectivity index (χ0) is 21.3. The molecule has 6 heteroatoms. The first-order chi connectivity index (χ1) is 14.5. The van der Waals surface area contributed by atoms with Gasteiger partial charge in [0.2, 0.25) is 0 Å². The van der Waals surface area contributed by atoms with E-state index in [0.717, 1.165) is 18.4 Å². The monoisotopic (exact) mass is 400 g/mol. The summed E-state index contributed by atoms with van der Waals surface area (Å²) in [6.45, 7) is 4.15. The van der Waals surface area contributed by atoms with Crippen molar-refractivity contribution in [3.8, 4) is 0 Å². The highest BCUT2D eigenvalue weighted by atomic mass is 16.2. The highest BCUT2D eigenvalue weighted by molar-refractivity contribution is 5.96. The number of hydrogen-bond donors (Lipinski definition) is 1. The molecule has 4 rings (SSSR count). The number of nitrogens with two attached hydrogens (primary N) is 1. The van der Waals surface area contributed by atoms with Gasteiger partial charge in [-0.3, -0.25) is 19.6 Å². The van der Waals surface area contributed by atoms with E-state index < -0.39 is 5.91 Å². The van der Waals surface area contributed by atoms with Crippen molar-refractivity contribution in [3.63, 3.8) is 0 Å². The van der Waals surface area contributed by atoms with Crippen molar-refractivity contribution < 1.29 is 9.59 Å². The molecule has 0 bridgehead atoms. The smallest absolute Gasteiger partial charge is 0.267 e. The van der Waals surface area contributed by atoms with E-state index in [4.69, 9.17) is 5.73 Å². The molecular weight excluding hydrogens is 376 g/mol. The maximum atomic E-state index is 13.7. The van der Waals surface area contributed by atoms with Crippen molar-refractivity contribution >= 4 is 11.8 Å². The van der Waals surface area contributed by atoms with E-state index in [0.29, 0.717) is 16.8 Å². The van der Waals surface area contributed by atoms with Crippen LogP contribution in [0.5, 0.6) is 0 Å². The Hall–Kier alpha value is -3.54. The van der Waals surface area contributed by atoms with Crippen LogP contribution in [0.25, 0.3) is 0 Å². The molecule has 152 valence electrons. The molecular formula is C24H24N4O2. The van der Waals surface area contributed by atoms with E-state index in [9.17, 15) is 9.59 Å². The number of aromatic nitrogens is 2. The number of amides is 2. The molecule has 0 saturated carbocycles. The summed E-state index contributed by atoms with van der Waals surface area (Å²) in [5.74, 6) is -0.712. The number of carbonyl (C=O) groups is 2. The summed E-state index contributed by atoms with van der Waals surface area (Å²) in [6.07, 6.45) is 4.95. The number of fused-ring (bicyclic) bond motifs is 1. The van der Waals surface area contributed by atoms with Crippen LogP contribution in [0.15, 0.2) is 54.9 Å². The Morgan fingerprint density at radius 2 is 1.87 bits per heavy atom. The van der Waals surface area contributed by atoms with Crippen LogP contribution in [0.3, 0.4) is 0 Å². The normalized spacial score (nSPS) is 14.9. The first-order valence-corrected chi connectivity index (χ1v) is 10.0. The van der Waals surface area contributed by atoms with Crippen LogP contribution in [-0.4, -0.2) is 26.7 Å². The zero-order valence-corrected chi connectivity index (χ0v) is 17.1. The second-order valence-corrected chi connectivity index (χ2v) is 7.70. The van der Waals surface area contributed by atoms with Crippen molar-refractivity contribution in [2.45, 2.75) is 39.3 Å². The Kier molecular flexibility index (Phi) is 5.31. The fourth-order valence-electron chi connectivity index (χ4n) is 4.21. The molecule has 0 radical (unpaired) electrons. The summed E-state index contributed by atoms with van der Waals surface area (Å²) < 4.78 is 0. The highest BCUT2D eigenvalue weighted by Crippen LogP contribution is 2.38. The summed E-state index contributed by atoms with van der Waals surface area (Å²) in [7, 11) is 0. The molecule has 0 fully saturated rings. The highest BCUT2D eigenvalue weighted by Gasteiger charge is 2.33. The number of aryl methyl sites for hydroxylation is 3. The Morgan fingerprint density at radius 3 is 2.63 bits per heavy atom. The standard InChI is InChI=1S/C24H24N4O2/c1-15-7-9-20-17(13-15)8-10-21(20)28(24(30)19-6-4-11-26-16(19)2)14-18-5-3-12-27-22(18)23(25)29/h3-7,9,11-13,21H,8,10,14H2,1-2H3,(H2,25,29)/t21-/m1/s1. The minimum absolute atomic E-state index is 0.0892. The Balaban J connectivity index is 1.78. The SMILES string of the molecule is Cc1ccc2c(c1)CC[C@H]2N(Cc1cccnc1C(N)=O)C(=O)c1cccnc1C. The minimum Gasteiger partial charge on any atom is -0.364 e. The number of hydrogen-bond acceptors (Lipinski definition) is 4. The Labute approximate surface area is 175 Å². The topological polar surface area (TPSA) is 89.2 Å². The van der Waals surface area contributed by atoms with Crippen molar-refractivity contribution in [1.82, 2.24) is 14.9 Å². The third-order valence-electron chi connectivity index (χ3n) is 5.68. The van der Waals surface area contributed by atoms with E-state index in [1.54, 1.807) is 30.5 Å². The van der Waals surface area contributed by atoms with Gasteiger partial charge >= 0.3 is 0 Å². The number of benzene rings is 1. The maximum absolute atomic E-state index is 13.7. The summed E-state index contributed by atoms with van der Waals surface area (Å²) in [5, 5.41) is 0. The first kappa shape index (κ1) is 19.8. The predicted octanol–water partition coefficient (Wildman–Crippen LogP) is 3.52. The van der Waals surface area contributed by atoms with Crippen LogP contribution in [-0.2, 0) is 13.0 Å². The molecule has 1 aromatic carbocycles. The zero-order valence-electron chi connectivity index (χ0n) is 17.1. The molecule has 0 unspecified atom stereocenters. The first-order valence-electron chi connectivity index (χ1n) is 10.0. The van der Waals surface area contributed by atoms with E-state index >= 15 is 0 Å². The summed E-state index contributed by atoms with van der Waals surface area (Å²) in [4.78, 5) is 35.8. The van der Waals surface area contributed by atoms with Crippen LogP contribution < -0.4 is 5.73 Å². The minimum atomic E-state index is -0.599. The lowest BCUT2D eigenvalue weighted by atomic mass is 10.0. The van der Waals surface area contributed by atoms with Gasteiger partial charge in [0.05, 0.1) is 11.6 Å². The predicted molar refractivity (Wildman–Crippen MR) is 114 cm³/mol. The van der Waals surface area contributed by atoms with Gasteiger partial charge in [-0.25, -0.2) is 0 Å². The van der Waals surface area contributed by atoms with Crippen LogP contribution in [0.1, 0.15) is 61.3 Å². The van der Waals surface area contributed by atoms with Crippen LogP contribution in [0, 0.1) is 13.8 Å². The third-order valence-corrected chi connectivity index (χ3v) is 5.68. The molecule has 1 aliphatic carbocycles. The molecule has 30 heavy (non-hydrogen) atoms. The van der Waals surface area contributed by atoms with Crippen molar-refractivity contribution in [2.24, 2.45) is 5.73 Å². The van der Waals surface area contributed by atoms with Gasteiger partial charge in [0.1, 0.15) is 5.69 Å². The molecule has 0 spiro atoms. The largest absolute Gasteiger partial charge is 0.364 e. The number of pyridine rings is 2. The lowest BCUT2D eigenvalue weighted by Crippen LogP contribution is -2.35. The van der Waals surface area contributed by atoms with Crippen LogP contribution >= 0.6 is 0 Å². The van der Waals surface area contributed by atoms with Crippen LogP contribution in [0.4, 0.5) is 0 Å². The summed E-state index contributed by atoms with van der Waals surface area (Å²) in [6, 6.07) is 13.4. The Morgan fingerprint density at radius 1 is 1.10 bits per heavy atom. The van der Waals surface area contributed by atoms with Crippen molar-refractivity contribution in [2.75, 3.05) is 0 Å². The molecule has 3 aromatic rings. The van der Waals surface area contributed by atoms with Crippen LogP contribution in [0.2, 0.25) is 0 Å². The average Bonchev–Trinajstić information content (AvgIpc) is 3.14. The van der Waals surface area contributed by atoms with Crippen molar-refractivity contribution in [1.29, 1.82) is 0 Å². The summed E-state index contributed by atoms with van der Waals surface area (Å²) in [5.41, 5.74) is 11.2. The lowest BCUT2D eigenvalue weighted by molar-refractivity contribution is 0.0654. The molecule has 1 aliphatic rings. The van der Waals surface area contributed by atoms with Gasteiger partial charge in [-0.15, -0.1) is 0 Å². The van der Waals surface area contributed by atoms with Gasteiger partial charge < -0.3 is 10.6 Å². The van der Waals surface area contributed by atoms with Gasteiger partial charge in [-0.2, -0.15) is 0 Å². The molecule has 6 nitrogen and oxygen atoms in total. The number of nitrogens with zero attached hydrogens (tertiary/aromatic N) is 3. The Bertz CT molecular complexity index is 1130. The molecule has 0 aliphatic heterocycles. The van der Waals surface area contributed by atoms with Gasteiger partial charge in [-0.05, 0) is 56.0 Å². The van der Waals surface area contributed by atoms with E-state index in [1.165, 1.54) is 17.3 Å². The second-order valence-electron chi connectivity index (χ2n) is 7.70. The fraction of sp³-hybridized carbons (Fsp3) is 0.250. The lowest BCUT2D eigenvalue weighted by Gasteiger charge is -2.31. The second kappa shape index (κ2) is 8.06. The third kappa shape index (κ3) is 3.68. The maximum Gasteiger partial charge on any atom is 0.267 e. The molecule has 2 aromatic heterocycles. The van der Waals surface area contributed by atoms with E-state index in [-0.39, 0.29) is 24.2 Å². The van der Waals surface area contributed by atoms with Gasteiger partial charge in [0.15, 0.2) is 0 Å². The number of rotatable bonds is 5. The molecule has 2 heterocycles. The van der Waals surface area contributed by atoms with Gasteiger partial charge in [0.25, 0.3) is 11.8 Å². The van der Waals surface area contributed by atoms with E-state index in [2.05, 4.69) is 35.1 Å². The van der Waals surface area contributed by atoms with Crippen molar-refractivity contribution in [3.05, 3.63) is 94.1 Å². The summed E-state index contributed by atoms with van der Waals surface area (Å²) >= 11 is 0. The van der Waals surface area contributed by atoms with E-state index in [1.807, 2.05) is 11.8 Å². The van der Waals surface area contributed by atoms with Gasteiger partial charge in [-0.1, -0.05) is 29.8 Å². The fourth-order valence-corrected chi connectivity index (χ4v) is 4.21. The molecule has 2 N–H and O–H groups in total. The molecule has 0 saturated heterocycles. The van der Waals surface area contributed by atoms with Gasteiger partial charge in [0, 0.05) is 30.2 Å². The average molecular weight is 400 g/mol. The quantitative estimate of drug-likeness (QED) is 0.710. The number of carbonyl (C=O) groups excluding carboxylic acids is 2.